The molecule has 0 aliphatic carbocycles. The Bertz CT molecular complexity index is 453. The largest absolute Gasteiger partial charge is 0.459 e. The number of esters is 1. The summed E-state index contributed by atoms with van der Waals surface area (Å²) in [4.78, 5) is 22.1. The Morgan fingerprint density at radius 3 is 2.35 bits per heavy atom. The van der Waals surface area contributed by atoms with E-state index in [1.54, 1.807) is 0 Å². The first kappa shape index (κ1) is 16.1. The fourth-order valence-electron chi connectivity index (χ4n) is 1.86. The summed E-state index contributed by atoms with van der Waals surface area (Å²) in [6.45, 7) is 6.13. The van der Waals surface area contributed by atoms with Gasteiger partial charge in [0.1, 0.15) is 6.10 Å². The summed E-state index contributed by atoms with van der Waals surface area (Å²) in [6, 6.07) is 5.48. The third-order valence-electron chi connectivity index (χ3n) is 3.16. The van der Waals surface area contributed by atoms with Crippen LogP contribution in [0, 0.1) is 16.0 Å². The number of hydrogen-bond donors (Lipinski definition) is 0. The van der Waals surface area contributed by atoms with Gasteiger partial charge in [-0.3, -0.25) is 10.1 Å². The minimum Gasteiger partial charge on any atom is -0.459 e. The van der Waals surface area contributed by atoms with E-state index in [2.05, 4.69) is 6.92 Å². The lowest BCUT2D eigenvalue weighted by molar-refractivity contribution is -0.384. The summed E-state index contributed by atoms with van der Waals surface area (Å²) >= 11 is 0. The Morgan fingerprint density at radius 1 is 1.30 bits per heavy atom. The maximum absolute atomic E-state index is 12.0. The van der Waals surface area contributed by atoms with Gasteiger partial charge in [0.25, 0.3) is 5.69 Å². The molecule has 1 aromatic carbocycles. The van der Waals surface area contributed by atoms with Crippen LogP contribution < -0.4 is 0 Å². The van der Waals surface area contributed by atoms with Crippen LogP contribution in [0.1, 0.15) is 50.4 Å². The molecule has 0 radical (unpaired) electrons. The highest BCUT2D eigenvalue weighted by Gasteiger charge is 2.19. The quantitative estimate of drug-likeness (QED) is 0.430. The van der Waals surface area contributed by atoms with Gasteiger partial charge in [-0.1, -0.05) is 33.6 Å². The van der Waals surface area contributed by atoms with Crippen LogP contribution in [-0.2, 0) is 4.74 Å². The summed E-state index contributed by atoms with van der Waals surface area (Å²) in [5.74, 6) is -0.168. The number of benzene rings is 1. The zero-order chi connectivity index (χ0) is 15.1. The molecule has 0 amide bonds. The Labute approximate surface area is 119 Å². The molecule has 0 bridgehead atoms. The van der Waals surface area contributed by atoms with E-state index in [0.29, 0.717) is 5.56 Å². The molecule has 5 heteroatoms. The number of nitro groups is 1. The summed E-state index contributed by atoms with van der Waals surface area (Å²) < 4.78 is 5.49. The number of ether oxygens (including phenoxy) is 1. The van der Waals surface area contributed by atoms with Gasteiger partial charge in [-0.15, -0.1) is 0 Å². The van der Waals surface area contributed by atoms with Crippen LogP contribution >= 0.6 is 0 Å². The molecular formula is C15H21NO4. The number of rotatable bonds is 7. The van der Waals surface area contributed by atoms with Crippen molar-refractivity contribution in [3.63, 3.8) is 0 Å². The maximum atomic E-state index is 12.0. The van der Waals surface area contributed by atoms with Crippen molar-refractivity contribution in [2.24, 2.45) is 5.92 Å². The van der Waals surface area contributed by atoms with E-state index in [4.69, 9.17) is 4.74 Å². The van der Waals surface area contributed by atoms with Crippen LogP contribution in [0.25, 0.3) is 0 Å². The van der Waals surface area contributed by atoms with E-state index in [1.807, 2.05) is 13.8 Å². The lowest BCUT2D eigenvalue weighted by Crippen LogP contribution is -2.23. The average molecular weight is 279 g/mol. The van der Waals surface area contributed by atoms with Gasteiger partial charge in [-0.05, 0) is 24.5 Å². The molecule has 110 valence electrons. The van der Waals surface area contributed by atoms with Gasteiger partial charge in [0.2, 0.25) is 0 Å². The number of nitrogens with zero attached hydrogens (tertiary/aromatic N) is 1. The highest BCUT2D eigenvalue weighted by atomic mass is 16.6. The molecule has 1 rings (SSSR count). The standard InChI is InChI=1S/C15H21NO4/c1-4-5-6-14(11(2)3)20-15(17)12-7-9-13(10-8-12)16(18)19/h7-11,14H,4-6H2,1-3H3. The van der Waals surface area contributed by atoms with Crippen molar-refractivity contribution in [1.29, 1.82) is 0 Å². The third kappa shape index (κ3) is 4.64. The minimum absolute atomic E-state index is 0.0343. The number of unbranched alkanes of at least 4 members (excludes halogenated alkanes) is 1. The Kier molecular flexibility index (Phi) is 6.15. The third-order valence-corrected chi connectivity index (χ3v) is 3.16. The predicted molar refractivity (Wildman–Crippen MR) is 76.7 cm³/mol. The molecule has 20 heavy (non-hydrogen) atoms. The van der Waals surface area contributed by atoms with Gasteiger partial charge in [0.05, 0.1) is 10.5 Å². The molecule has 0 spiro atoms. The van der Waals surface area contributed by atoms with Crippen LogP contribution in [-0.4, -0.2) is 17.0 Å². The van der Waals surface area contributed by atoms with Crippen LogP contribution in [0.5, 0.6) is 0 Å². The fraction of sp³-hybridized carbons (Fsp3) is 0.533. The topological polar surface area (TPSA) is 69.4 Å². The molecule has 0 aliphatic rings. The van der Waals surface area contributed by atoms with Gasteiger partial charge in [-0.25, -0.2) is 4.79 Å². The Morgan fingerprint density at radius 2 is 1.90 bits per heavy atom. The van der Waals surface area contributed by atoms with E-state index < -0.39 is 10.9 Å². The van der Waals surface area contributed by atoms with E-state index >= 15 is 0 Å². The number of hydrogen-bond acceptors (Lipinski definition) is 4. The number of carbonyl (C=O) groups is 1. The molecule has 0 heterocycles. The molecule has 1 aromatic rings. The molecule has 0 aromatic heterocycles. The first-order chi connectivity index (χ1) is 9.45. The summed E-state index contributed by atoms with van der Waals surface area (Å²) in [7, 11) is 0. The summed E-state index contributed by atoms with van der Waals surface area (Å²) in [6.07, 6.45) is 2.79. The summed E-state index contributed by atoms with van der Waals surface area (Å²) in [5, 5.41) is 10.6. The van der Waals surface area contributed by atoms with Crippen molar-refractivity contribution in [3.05, 3.63) is 39.9 Å². The van der Waals surface area contributed by atoms with Gasteiger partial charge in [-0.2, -0.15) is 0 Å². The van der Waals surface area contributed by atoms with Crippen molar-refractivity contribution in [1.82, 2.24) is 0 Å². The van der Waals surface area contributed by atoms with Gasteiger partial charge >= 0.3 is 5.97 Å². The second-order valence-electron chi connectivity index (χ2n) is 5.13. The molecule has 5 nitrogen and oxygen atoms in total. The molecule has 0 fully saturated rings. The van der Waals surface area contributed by atoms with Gasteiger partial charge in [0, 0.05) is 12.1 Å². The molecule has 0 N–H and O–H groups in total. The molecule has 0 saturated heterocycles. The van der Waals surface area contributed by atoms with Crippen molar-refractivity contribution >= 4 is 11.7 Å². The lowest BCUT2D eigenvalue weighted by atomic mass is 10.0. The summed E-state index contributed by atoms with van der Waals surface area (Å²) in [5.41, 5.74) is 0.311. The second kappa shape index (κ2) is 7.62. The Hall–Kier alpha value is -1.91. The first-order valence-electron chi connectivity index (χ1n) is 6.91. The van der Waals surface area contributed by atoms with E-state index in [0.717, 1.165) is 19.3 Å². The SMILES string of the molecule is CCCCC(OC(=O)c1ccc([N+](=O)[O-])cc1)C(C)C. The van der Waals surface area contributed by atoms with Crippen LogP contribution in [0.15, 0.2) is 24.3 Å². The van der Waals surface area contributed by atoms with E-state index in [1.165, 1.54) is 24.3 Å². The van der Waals surface area contributed by atoms with Crippen LogP contribution in [0.3, 0.4) is 0 Å². The smallest absolute Gasteiger partial charge is 0.338 e. The fourth-order valence-corrected chi connectivity index (χ4v) is 1.86. The lowest BCUT2D eigenvalue weighted by Gasteiger charge is -2.21. The van der Waals surface area contributed by atoms with Crippen molar-refractivity contribution in [3.8, 4) is 0 Å². The molecule has 0 aliphatic heterocycles. The molecule has 1 atom stereocenters. The Balaban J connectivity index is 2.70. The van der Waals surface area contributed by atoms with Crippen molar-refractivity contribution < 1.29 is 14.5 Å². The maximum Gasteiger partial charge on any atom is 0.338 e. The number of carbonyl (C=O) groups excluding carboxylic acids is 1. The molecular weight excluding hydrogens is 258 g/mol. The van der Waals surface area contributed by atoms with Crippen molar-refractivity contribution in [2.75, 3.05) is 0 Å². The predicted octanol–water partition coefficient (Wildman–Crippen LogP) is 3.97. The van der Waals surface area contributed by atoms with Crippen LogP contribution in [0.4, 0.5) is 5.69 Å². The number of non-ortho nitro benzene ring substituents is 1. The van der Waals surface area contributed by atoms with E-state index in [9.17, 15) is 14.9 Å². The molecule has 1 unspecified atom stereocenters. The first-order valence-corrected chi connectivity index (χ1v) is 6.91. The van der Waals surface area contributed by atoms with Crippen LogP contribution in [0.2, 0.25) is 0 Å². The molecule has 0 saturated carbocycles. The van der Waals surface area contributed by atoms with Gasteiger partial charge in [0.15, 0.2) is 0 Å². The van der Waals surface area contributed by atoms with Gasteiger partial charge < -0.3 is 4.74 Å². The monoisotopic (exact) mass is 279 g/mol. The highest BCUT2D eigenvalue weighted by molar-refractivity contribution is 5.89. The highest BCUT2D eigenvalue weighted by Crippen LogP contribution is 2.18. The zero-order valence-corrected chi connectivity index (χ0v) is 12.2. The minimum atomic E-state index is -0.493. The van der Waals surface area contributed by atoms with E-state index in [-0.39, 0.29) is 17.7 Å². The average Bonchev–Trinajstić information content (AvgIpc) is 2.42. The van der Waals surface area contributed by atoms with Crippen molar-refractivity contribution in [2.45, 2.75) is 46.1 Å². The second-order valence-corrected chi connectivity index (χ2v) is 5.13. The normalized spacial score (nSPS) is 12.2. The zero-order valence-electron chi connectivity index (χ0n) is 12.2. The number of nitro benzene ring substituents is 1.